The average molecular weight is 222 g/mol. The van der Waals surface area contributed by atoms with Gasteiger partial charge in [0.25, 0.3) is 0 Å². The lowest BCUT2D eigenvalue weighted by molar-refractivity contribution is -0.121. The van der Waals surface area contributed by atoms with Crippen molar-refractivity contribution in [2.24, 2.45) is 11.8 Å². The maximum absolute atomic E-state index is 11.9. The number of nitrogen functional groups attached to an aromatic ring is 1. The van der Waals surface area contributed by atoms with Gasteiger partial charge in [-0.15, -0.1) is 0 Å². The minimum Gasteiger partial charge on any atom is -0.394 e. The smallest absolute Gasteiger partial charge is 0.228 e. The number of nitrogens with zero attached hydrogens (tertiary/aromatic N) is 1. The fourth-order valence-electron chi connectivity index (χ4n) is 2.14. The van der Waals surface area contributed by atoms with E-state index in [2.05, 4.69) is 22.4 Å². The summed E-state index contributed by atoms with van der Waals surface area (Å²) in [6.07, 6.45) is 5.72. The number of hydrogen-bond acceptors (Lipinski definition) is 3. The van der Waals surface area contributed by atoms with Crippen LogP contribution in [0, 0.1) is 11.8 Å². The van der Waals surface area contributed by atoms with Crippen LogP contribution in [-0.4, -0.2) is 16.1 Å². The summed E-state index contributed by atoms with van der Waals surface area (Å²) in [5.41, 5.74) is 6.12. The fourth-order valence-corrected chi connectivity index (χ4v) is 2.14. The van der Waals surface area contributed by atoms with E-state index in [9.17, 15) is 4.79 Å². The average Bonchev–Trinajstić information content (AvgIpc) is 2.65. The highest BCUT2D eigenvalue weighted by atomic mass is 16.2. The molecule has 0 saturated heterocycles. The Bertz CT molecular complexity index is 366. The molecule has 5 heteroatoms. The Balaban J connectivity index is 1.91. The molecule has 0 spiro atoms. The molecule has 1 aliphatic rings. The van der Waals surface area contributed by atoms with Gasteiger partial charge in [-0.25, -0.2) is 0 Å². The first-order valence-electron chi connectivity index (χ1n) is 5.76. The molecule has 0 radical (unpaired) electrons. The molecule has 1 aromatic rings. The summed E-state index contributed by atoms with van der Waals surface area (Å²) < 4.78 is 0. The first-order valence-corrected chi connectivity index (χ1v) is 5.76. The van der Waals surface area contributed by atoms with Crippen molar-refractivity contribution in [3.8, 4) is 0 Å². The lowest BCUT2D eigenvalue weighted by Crippen LogP contribution is -2.27. The molecule has 1 aliphatic carbocycles. The minimum absolute atomic E-state index is 0.0582. The summed E-state index contributed by atoms with van der Waals surface area (Å²) >= 11 is 0. The highest BCUT2D eigenvalue weighted by molar-refractivity contribution is 5.94. The summed E-state index contributed by atoms with van der Waals surface area (Å²) in [6, 6.07) is 0. The third kappa shape index (κ3) is 2.35. The number of hydrogen-bond donors (Lipinski definition) is 3. The maximum atomic E-state index is 11.9. The molecule has 16 heavy (non-hydrogen) atoms. The number of carbonyl (C=O) groups excluding carboxylic acids is 1. The normalized spacial score (nSPS) is 25.3. The molecule has 4 N–H and O–H groups in total. The van der Waals surface area contributed by atoms with Crippen molar-refractivity contribution in [3.63, 3.8) is 0 Å². The largest absolute Gasteiger partial charge is 0.394 e. The number of amides is 1. The van der Waals surface area contributed by atoms with Gasteiger partial charge in [-0.2, -0.15) is 5.10 Å². The number of anilines is 2. The van der Waals surface area contributed by atoms with Crippen molar-refractivity contribution in [2.75, 3.05) is 11.1 Å². The fraction of sp³-hybridized carbons (Fsp3) is 0.636. The van der Waals surface area contributed by atoms with Crippen LogP contribution >= 0.6 is 0 Å². The van der Waals surface area contributed by atoms with Crippen LogP contribution in [0.1, 0.15) is 32.6 Å². The molecule has 1 amide bonds. The Morgan fingerprint density at radius 1 is 1.50 bits per heavy atom. The van der Waals surface area contributed by atoms with Gasteiger partial charge in [0.1, 0.15) is 0 Å². The quantitative estimate of drug-likeness (QED) is 0.712. The predicted octanol–water partition coefficient (Wildman–Crippen LogP) is 1.76. The lowest BCUT2D eigenvalue weighted by atomic mass is 9.82. The van der Waals surface area contributed by atoms with Crippen molar-refractivity contribution in [1.29, 1.82) is 0 Å². The van der Waals surface area contributed by atoms with E-state index in [0.717, 1.165) is 31.6 Å². The van der Waals surface area contributed by atoms with E-state index in [1.54, 1.807) is 0 Å². The van der Waals surface area contributed by atoms with Gasteiger partial charge in [0, 0.05) is 5.92 Å². The highest BCUT2D eigenvalue weighted by Crippen LogP contribution is 2.29. The molecule has 1 saturated carbocycles. The molecule has 1 aromatic heterocycles. The monoisotopic (exact) mass is 222 g/mol. The molecule has 0 unspecified atom stereocenters. The topological polar surface area (TPSA) is 83.8 Å². The number of H-pyrrole nitrogens is 1. The van der Waals surface area contributed by atoms with E-state index in [0.29, 0.717) is 11.5 Å². The van der Waals surface area contributed by atoms with E-state index in [-0.39, 0.29) is 11.8 Å². The molecular weight excluding hydrogens is 204 g/mol. The molecule has 5 nitrogen and oxygen atoms in total. The molecule has 0 aliphatic heterocycles. The third-order valence-electron chi connectivity index (χ3n) is 3.30. The number of nitrogens with two attached hydrogens (primary N) is 1. The second-order valence-corrected chi connectivity index (χ2v) is 4.65. The van der Waals surface area contributed by atoms with Crippen LogP contribution in [-0.2, 0) is 4.79 Å². The number of rotatable bonds is 2. The van der Waals surface area contributed by atoms with Crippen molar-refractivity contribution in [1.82, 2.24) is 10.2 Å². The molecule has 1 heterocycles. The van der Waals surface area contributed by atoms with Gasteiger partial charge in [-0.05, 0) is 31.6 Å². The van der Waals surface area contributed by atoms with Crippen LogP contribution < -0.4 is 11.1 Å². The number of carbonyl (C=O) groups is 1. The van der Waals surface area contributed by atoms with E-state index in [1.165, 1.54) is 6.20 Å². The molecule has 0 atom stereocenters. The Hall–Kier alpha value is -1.52. The number of nitrogens with one attached hydrogen (secondary N) is 2. The first kappa shape index (κ1) is 11.0. The Kier molecular flexibility index (Phi) is 3.12. The lowest BCUT2D eigenvalue weighted by Gasteiger charge is -2.24. The van der Waals surface area contributed by atoms with Gasteiger partial charge < -0.3 is 11.1 Å². The number of aromatic amines is 1. The van der Waals surface area contributed by atoms with Gasteiger partial charge in [-0.1, -0.05) is 6.92 Å². The van der Waals surface area contributed by atoms with Crippen LogP contribution in [0.5, 0.6) is 0 Å². The van der Waals surface area contributed by atoms with Crippen LogP contribution in [0.4, 0.5) is 11.5 Å². The molecule has 0 bridgehead atoms. The van der Waals surface area contributed by atoms with Crippen molar-refractivity contribution >= 4 is 17.4 Å². The van der Waals surface area contributed by atoms with Crippen molar-refractivity contribution < 1.29 is 4.79 Å². The Labute approximate surface area is 94.8 Å². The zero-order valence-electron chi connectivity index (χ0n) is 9.49. The Morgan fingerprint density at radius 3 is 2.75 bits per heavy atom. The summed E-state index contributed by atoms with van der Waals surface area (Å²) in [4.78, 5) is 11.9. The van der Waals surface area contributed by atoms with E-state index < -0.39 is 0 Å². The molecule has 88 valence electrons. The van der Waals surface area contributed by atoms with E-state index in [1.807, 2.05) is 0 Å². The summed E-state index contributed by atoms with van der Waals surface area (Å²) in [5, 5.41) is 9.24. The SMILES string of the molecule is CC1CCC(C(=O)Nc2[nH]ncc2N)CC1. The van der Waals surface area contributed by atoms with Gasteiger partial charge in [0.05, 0.1) is 11.9 Å². The zero-order valence-corrected chi connectivity index (χ0v) is 9.49. The predicted molar refractivity (Wildman–Crippen MR) is 62.8 cm³/mol. The van der Waals surface area contributed by atoms with Gasteiger partial charge in [0.15, 0.2) is 5.82 Å². The summed E-state index contributed by atoms with van der Waals surface area (Å²) in [5.74, 6) is 1.45. The second kappa shape index (κ2) is 4.55. The van der Waals surface area contributed by atoms with Gasteiger partial charge in [-0.3, -0.25) is 9.89 Å². The molecule has 0 aromatic carbocycles. The minimum atomic E-state index is 0.0582. The van der Waals surface area contributed by atoms with Gasteiger partial charge >= 0.3 is 0 Å². The summed E-state index contributed by atoms with van der Waals surface area (Å²) in [6.45, 7) is 2.24. The Morgan fingerprint density at radius 2 is 2.19 bits per heavy atom. The molecule has 2 rings (SSSR count). The summed E-state index contributed by atoms with van der Waals surface area (Å²) in [7, 11) is 0. The van der Waals surface area contributed by atoms with E-state index >= 15 is 0 Å². The van der Waals surface area contributed by atoms with Crippen molar-refractivity contribution in [2.45, 2.75) is 32.6 Å². The van der Waals surface area contributed by atoms with Gasteiger partial charge in [0.2, 0.25) is 5.91 Å². The van der Waals surface area contributed by atoms with E-state index in [4.69, 9.17) is 5.73 Å². The second-order valence-electron chi connectivity index (χ2n) is 4.65. The van der Waals surface area contributed by atoms with Crippen LogP contribution in [0.2, 0.25) is 0 Å². The highest BCUT2D eigenvalue weighted by Gasteiger charge is 2.24. The van der Waals surface area contributed by atoms with Crippen LogP contribution in [0.25, 0.3) is 0 Å². The maximum Gasteiger partial charge on any atom is 0.228 e. The van der Waals surface area contributed by atoms with Crippen LogP contribution in [0.15, 0.2) is 6.20 Å². The third-order valence-corrected chi connectivity index (χ3v) is 3.30. The zero-order chi connectivity index (χ0) is 11.5. The first-order chi connectivity index (χ1) is 7.66. The number of aromatic nitrogens is 2. The van der Waals surface area contributed by atoms with Crippen molar-refractivity contribution in [3.05, 3.63) is 6.20 Å². The standard InChI is InChI=1S/C11H18N4O/c1-7-2-4-8(5-3-7)11(16)14-10-9(12)6-13-15-10/h6-8H,2-5,12H2,1H3,(H2,13,14,15,16). The molecular formula is C11H18N4O. The molecule has 1 fully saturated rings. The van der Waals surface area contributed by atoms with Crippen LogP contribution in [0.3, 0.4) is 0 Å².